The highest BCUT2D eigenvalue weighted by Gasteiger charge is 2.23. The Kier molecular flexibility index (Phi) is 6.61. The van der Waals surface area contributed by atoms with E-state index in [-0.39, 0.29) is 6.03 Å². The molecular formula is C24H28N4O4. The molecule has 1 fully saturated rings. The van der Waals surface area contributed by atoms with E-state index in [0.717, 1.165) is 41.5 Å². The van der Waals surface area contributed by atoms with Crippen LogP contribution in [0.4, 0.5) is 10.5 Å². The number of rotatable bonds is 6. The second kappa shape index (κ2) is 9.74. The summed E-state index contributed by atoms with van der Waals surface area (Å²) in [7, 11) is 3.25. The van der Waals surface area contributed by atoms with Crippen LogP contribution in [0.1, 0.15) is 11.5 Å². The molecule has 0 bridgehead atoms. The number of hydrogen-bond donors (Lipinski definition) is 1. The van der Waals surface area contributed by atoms with Gasteiger partial charge in [0.05, 0.1) is 19.9 Å². The maximum Gasteiger partial charge on any atom is 0.321 e. The number of urea groups is 1. The van der Waals surface area contributed by atoms with E-state index in [1.165, 1.54) is 0 Å². The molecule has 1 saturated heterocycles. The Balaban J connectivity index is 1.32. The molecule has 1 aliphatic rings. The van der Waals surface area contributed by atoms with Crippen LogP contribution < -0.4 is 14.8 Å². The molecule has 1 N–H and O–H groups in total. The summed E-state index contributed by atoms with van der Waals surface area (Å²) in [6.45, 7) is 5.48. The molecule has 1 aromatic heterocycles. The Morgan fingerprint density at radius 1 is 1.03 bits per heavy atom. The van der Waals surface area contributed by atoms with Crippen molar-refractivity contribution in [3.05, 3.63) is 60.0 Å². The van der Waals surface area contributed by atoms with Gasteiger partial charge in [-0.05, 0) is 43.3 Å². The van der Waals surface area contributed by atoms with E-state index in [9.17, 15) is 4.79 Å². The quantitative estimate of drug-likeness (QED) is 0.629. The Hall–Kier alpha value is -3.52. The summed E-state index contributed by atoms with van der Waals surface area (Å²) in [5.74, 6) is 2.93. The van der Waals surface area contributed by atoms with Crippen LogP contribution in [0.25, 0.3) is 11.5 Å². The maximum absolute atomic E-state index is 12.6. The molecule has 0 atom stereocenters. The molecule has 2 amide bonds. The van der Waals surface area contributed by atoms with Crippen LogP contribution in [0.5, 0.6) is 11.5 Å². The van der Waals surface area contributed by atoms with Gasteiger partial charge in [0.1, 0.15) is 17.3 Å². The smallest absolute Gasteiger partial charge is 0.321 e. The summed E-state index contributed by atoms with van der Waals surface area (Å²) in [6, 6.07) is 14.9. The lowest BCUT2D eigenvalue weighted by atomic mass is 10.2. The average Bonchev–Trinajstić information content (AvgIpc) is 3.19. The second-order valence-corrected chi connectivity index (χ2v) is 7.68. The van der Waals surface area contributed by atoms with Gasteiger partial charge in [-0.2, -0.15) is 0 Å². The highest BCUT2D eigenvalue weighted by atomic mass is 16.5. The molecule has 8 nitrogen and oxygen atoms in total. The number of methoxy groups -OCH3 is 2. The van der Waals surface area contributed by atoms with Crippen molar-refractivity contribution in [1.82, 2.24) is 14.8 Å². The van der Waals surface area contributed by atoms with Crippen LogP contribution in [-0.4, -0.2) is 61.2 Å². The molecule has 2 aromatic carbocycles. The van der Waals surface area contributed by atoms with Gasteiger partial charge in [0.2, 0.25) is 5.89 Å². The SMILES string of the molecule is COc1ccc(-c2nc(CN3CCN(C(=O)Nc4cccc(OC)c4)CC3)c(C)o2)cc1. The molecule has 1 aliphatic heterocycles. The van der Waals surface area contributed by atoms with Crippen LogP contribution in [-0.2, 0) is 6.54 Å². The Bertz CT molecular complexity index is 1060. The second-order valence-electron chi connectivity index (χ2n) is 7.68. The van der Waals surface area contributed by atoms with E-state index in [0.29, 0.717) is 31.3 Å². The highest BCUT2D eigenvalue weighted by Crippen LogP contribution is 2.25. The number of benzene rings is 2. The normalized spacial score (nSPS) is 14.3. The van der Waals surface area contributed by atoms with Gasteiger partial charge in [0.15, 0.2) is 0 Å². The fraction of sp³-hybridized carbons (Fsp3) is 0.333. The number of carbonyl (C=O) groups is 1. The van der Waals surface area contributed by atoms with Gasteiger partial charge < -0.3 is 24.1 Å². The van der Waals surface area contributed by atoms with Crippen molar-refractivity contribution in [2.45, 2.75) is 13.5 Å². The van der Waals surface area contributed by atoms with Gasteiger partial charge in [0.25, 0.3) is 0 Å². The molecular weight excluding hydrogens is 408 g/mol. The first-order chi connectivity index (χ1) is 15.6. The zero-order valence-corrected chi connectivity index (χ0v) is 18.6. The Labute approximate surface area is 187 Å². The number of piperazine rings is 1. The van der Waals surface area contributed by atoms with Crippen molar-refractivity contribution in [2.24, 2.45) is 0 Å². The molecule has 0 spiro atoms. The lowest BCUT2D eigenvalue weighted by Crippen LogP contribution is -2.49. The summed E-state index contributed by atoms with van der Waals surface area (Å²) in [6.07, 6.45) is 0. The van der Waals surface area contributed by atoms with E-state index < -0.39 is 0 Å². The van der Waals surface area contributed by atoms with Crippen molar-refractivity contribution >= 4 is 11.7 Å². The molecule has 0 radical (unpaired) electrons. The highest BCUT2D eigenvalue weighted by molar-refractivity contribution is 5.89. The third-order valence-corrected chi connectivity index (χ3v) is 5.58. The lowest BCUT2D eigenvalue weighted by Gasteiger charge is -2.34. The van der Waals surface area contributed by atoms with Gasteiger partial charge in [-0.15, -0.1) is 0 Å². The number of anilines is 1. The van der Waals surface area contributed by atoms with E-state index >= 15 is 0 Å². The number of aryl methyl sites for hydroxylation is 1. The molecule has 0 saturated carbocycles. The van der Waals surface area contributed by atoms with Gasteiger partial charge in [0, 0.05) is 50.0 Å². The van der Waals surface area contributed by atoms with Crippen LogP contribution >= 0.6 is 0 Å². The zero-order valence-electron chi connectivity index (χ0n) is 18.6. The minimum Gasteiger partial charge on any atom is -0.497 e. The number of aromatic nitrogens is 1. The largest absolute Gasteiger partial charge is 0.497 e. The van der Waals surface area contributed by atoms with Gasteiger partial charge >= 0.3 is 6.03 Å². The van der Waals surface area contributed by atoms with Crippen molar-refractivity contribution in [1.29, 1.82) is 0 Å². The number of amides is 2. The first kappa shape index (κ1) is 21.7. The van der Waals surface area contributed by atoms with Crippen LogP contribution in [0, 0.1) is 6.92 Å². The van der Waals surface area contributed by atoms with Gasteiger partial charge in [-0.3, -0.25) is 4.90 Å². The Morgan fingerprint density at radius 3 is 2.44 bits per heavy atom. The monoisotopic (exact) mass is 436 g/mol. The molecule has 3 aromatic rings. The number of oxazole rings is 1. The van der Waals surface area contributed by atoms with Gasteiger partial charge in [-0.25, -0.2) is 9.78 Å². The van der Waals surface area contributed by atoms with Gasteiger partial charge in [-0.1, -0.05) is 6.07 Å². The topological polar surface area (TPSA) is 80.1 Å². The van der Waals surface area contributed by atoms with Crippen molar-refractivity contribution < 1.29 is 18.7 Å². The number of ether oxygens (including phenoxy) is 2. The van der Waals surface area contributed by atoms with E-state index in [4.69, 9.17) is 18.9 Å². The standard InChI is InChI=1S/C24H28N4O4/c1-17-22(26-23(32-17)18-7-9-20(30-2)10-8-18)16-27-11-13-28(14-12-27)24(29)25-19-5-4-6-21(15-19)31-3/h4-10,15H,11-14,16H2,1-3H3,(H,25,29). The third kappa shape index (κ3) is 5.03. The predicted octanol–water partition coefficient (Wildman–Crippen LogP) is 4.02. The summed E-state index contributed by atoms with van der Waals surface area (Å²) >= 11 is 0. The van der Waals surface area contributed by atoms with E-state index in [1.54, 1.807) is 14.2 Å². The van der Waals surface area contributed by atoms with Crippen LogP contribution in [0.3, 0.4) is 0 Å². The summed E-state index contributed by atoms with van der Waals surface area (Å²) < 4.78 is 16.3. The molecule has 4 rings (SSSR count). The van der Waals surface area contributed by atoms with Crippen LogP contribution in [0.2, 0.25) is 0 Å². The predicted molar refractivity (Wildman–Crippen MR) is 122 cm³/mol. The van der Waals surface area contributed by atoms with E-state index in [1.807, 2.05) is 60.4 Å². The third-order valence-electron chi connectivity index (χ3n) is 5.58. The maximum atomic E-state index is 12.6. The zero-order chi connectivity index (χ0) is 22.5. The minimum absolute atomic E-state index is 0.0997. The Morgan fingerprint density at radius 2 is 1.75 bits per heavy atom. The number of carbonyl (C=O) groups excluding carboxylic acids is 1. The van der Waals surface area contributed by atoms with Crippen molar-refractivity contribution in [3.63, 3.8) is 0 Å². The number of nitrogens with zero attached hydrogens (tertiary/aromatic N) is 3. The molecule has 2 heterocycles. The van der Waals surface area contributed by atoms with Crippen molar-refractivity contribution in [3.8, 4) is 23.0 Å². The summed E-state index contributed by atoms with van der Waals surface area (Å²) in [5.41, 5.74) is 2.56. The first-order valence-corrected chi connectivity index (χ1v) is 10.6. The molecule has 168 valence electrons. The number of hydrogen-bond acceptors (Lipinski definition) is 6. The fourth-order valence-electron chi connectivity index (χ4n) is 3.66. The molecule has 0 aliphatic carbocycles. The average molecular weight is 437 g/mol. The molecule has 32 heavy (non-hydrogen) atoms. The first-order valence-electron chi connectivity index (χ1n) is 10.6. The summed E-state index contributed by atoms with van der Waals surface area (Å²) in [5, 5.41) is 2.94. The van der Waals surface area contributed by atoms with Crippen LogP contribution in [0.15, 0.2) is 52.9 Å². The lowest BCUT2D eigenvalue weighted by molar-refractivity contribution is 0.141. The van der Waals surface area contributed by atoms with Crippen molar-refractivity contribution in [2.75, 3.05) is 45.7 Å². The summed E-state index contributed by atoms with van der Waals surface area (Å²) in [4.78, 5) is 21.4. The molecule has 8 heteroatoms. The number of nitrogens with one attached hydrogen (secondary N) is 1. The minimum atomic E-state index is -0.0997. The van der Waals surface area contributed by atoms with E-state index in [2.05, 4.69) is 10.2 Å². The molecule has 0 unspecified atom stereocenters. The fourth-order valence-corrected chi connectivity index (χ4v) is 3.66.